The van der Waals surface area contributed by atoms with E-state index in [1.165, 1.54) is 9.13 Å². The van der Waals surface area contributed by atoms with Crippen LogP contribution < -0.4 is 5.73 Å². The third-order valence-electron chi connectivity index (χ3n) is 3.38. The molecule has 0 aliphatic rings. The number of para-hydroxylation sites is 1. The van der Waals surface area contributed by atoms with Gasteiger partial charge in [0.05, 0.1) is 17.4 Å². The van der Waals surface area contributed by atoms with Gasteiger partial charge in [0.2, 0.25) is 0 Å². The summed E-state index contributed by atoms with van der Waals surface area (Å²) in [5, 5.41) is 4.58. The van der Waals surface area contributed by atoms with Gasteiger partial charge in [-0.25, -0.2) is 4.68 Å². The van der Waals surface area contributed by atoms with Crippen LogP contribution in [-0.2, 0) is 6.42 Å². The molecule has 1 unspecified atom stereocenters. The van der Waals surface area contributed by atoms with Gasteiger partial charge in [-0.2, -0.15) is 5.10 Å². The standard InChI is InChI=1S/C17H16IN3/c18-14-8-6-13(7-9-14)12-16(19)17-10-11-21(20-17)15-4-2-1-3-5-15/h1-11,16H,12,19H2. The number of rotatable bonds is 4. The fourth-order valence-corrected chi connectivity index (χ4v) is 2.60. The first-order chi connectivity index (χ1) is 10.2. The number of nitrogens with two attached hydrogens (primary N) is 1. The molecule has 0 saturated heterocycles. The minimum Gasteiger partial charge on any atom is -0.322 e. The molecule has 106 valence electrons. The van der Waals surface area contributed by atoms with E-state index >= 15 is 0 Å². The molecule has 0 aliphatic heterocycles. The maximum Gasteiger partial charge on any atom is 0.0799 e. The van der Waals surface area contributed by atoms with Gasteiger partial charge in [-0.1, -0.05) is 30.3 Å². The fraction of sp³-hybridized carbons (Fsp3) is 0.118. The van der Waals surface area contributed by atoms with Crippen LogP contribution in [0.4, 0.5) is 0 Å². The second-order valence-corrected chi connectivity index (χ2v) is 6.20. The van der Waals surface area contributed by atoms with Gasteiger partial charge in [0.1, 0.15) is 0 Å². The largest absolute Gasteiger partial charge is 0.322 e. The Morgan fingerprint density at radius 1 is 1.00 bits per heavy atom. The molecule has 0 bridgehead atoms. The molecular weight excluding hydrogens is 373 g/mol. The quantitative estimate of drug-likeness (QED) is 0.692. The lowest BCUT2D eigenvalue weighted by Crippen LogP contribution is -2.14. The van der Waals surface area contributed by atoms with Crippen molar-refractivity contribution < 1.29 is 0 Å². The van der Waals surface area contributed by atoms with E-state index in [0.29, 0.717) is 0 Å². The van der Waals surface area contributed by atoms with Crippen LogP contribution in [0.15, 0.2) is 66.9 Å². The van der Waals surface area contributed by atoms with Crippen molar-refractivity contribution in [2.75, 3.05) is 0 Å². The summed E-state index contributed by atoms with van der Waals surface area (Å²) in [6, 6.07) is 20.4. The second kappa shape index (κ2) is 6.41. The van der Waals surface area contributed by atoms with Crippen LogP contribution in [-0.4, -0.2) is 9.78 Å². The minimum atomic E-state index is -0.0879. The maximum atomic E-state index is 6.28. The zero-order chi connectivity index (χ0) is 14.7. The Kier molecular flexibility index (Phi) is 4.36. The summed E-state index contributed by atoms with van der Waals surface area (Å²) >= 11 is 2.30. The predicted molar refractivity (Wildman–Crippen MR) is 93.4 cm³/mol. The number of benzene rings is 2. The van der Waals surface area contributed by atoms with Crippen molar-refractivity contribution in [2.24, 2.45) is 5.73 Å². The van der Waals surface area contributed by atoms with Gasteiger partial charge in [-0.15, -0.1) is 0 Å². The first kappa shape index (κ1) is 14.3. The normalized spacial score (nSPS) is 12.3. The lowest BCUT2D eigenvalue weighted by Gasteiger charge is -2.09. The van der Waals surface area contributed by atoms with E-state index in [4.69, 9.17) is 5.73 Å². The summed E-state index contributed by atoms with van der Waals surface area (Å²) in [5.41, 5.74) is 9.47. The first-order valence-corrected chi connectivity index (χ1v) is 7.91. The molecule has 3 nitrogen and oxygen atoms in total. The highest BCUT2D eigenvalue weighted by molar-refractivity contribution is 14.1. The van der Waals surface area contributed by atoms with Gasteiger partial charge >= 0.3 is 0 Å². The van der Waals surface area contributed by atoms with E-state index in [0.717, 1.165) is 17.8 Å². The second-order valence-electron chi connectivity index (χ2n) is 4.96. The van der Waals surface area contributed by atoms with Gasteiger partial charge in [-0.3, -0.25) is 0 Å². The summed E-state index contributed by atoms with van der Waals surface area (Å²) in [4.78, 5) is 0. The molecule has 1 aromatic heterocycles. The molecule has 1 atom stereocenters. The van der Waals surface area contributed by atoms with E-state index in [1.807, 2.05) is 47.3 Å². The zero-order valence-electron chi connectivity index (χ0n) is 11.5. The Morgan fingerprint density at radius 3 is 2.43 bits per heavy atom. The van der Waals surface area contributed by atoms with Gasteiger partial charge in [0.15, 0.2) is 0 Å². The van der Waals surface area contributed by atoms with E-state index < -0.39 is 0 Å². The Morgan fingerprint density at radius 2 is 1.71 bits per heavy atom. The molecule has 3 aromatic rings. The molecule has 0 saturated carbocycles. The highest BCUT2D eigenvalue weighted by atomic mass is 127. The van der Waals surface area contributed by atoms with Gasteiger partial charge < -0.3 is 5.73 Å². The first-order valence-electron chi connectivity index (χ1n) is 6.83. The molecule has 2 aromatic carbocycles. The summed E-state index contributed by atoms with van der Waals surface area (Å²) in [6.07, 6.45) is 2.75. The summed E-state index contributed by atoms with van der Waals surface area (Å²) in [7, 11) is 0. The van der Waals surface area contributed by atoms with Crippen molar-refractivity contribution in [3.05, 3.63) is 81.7 Å². The van der Waals surface area contributed by atoms with Gasteiger partial charge in [0, 0.05) is 9.77 Å². The fourth-order valence-electron chi connectivity index (χ4n) is 2.24. The maximum absolute atomic E-state index is 6.28. The number of halogens is 1. The van der Waals surface area contributed by atoms with E-state index in [-0.39, 0.29) is 6.04 Å². The molecule has 2 N–H and O–H groups in total. The minimum absolute atomic E-state index is 0.0879. The topological polar surface area (TPSA) is 43.8 Å². The molecule has 3 rings (SSSR count). The molecule has 0 radical (unpaired) electrons. The van der Waals surface area contributed by atoms with Gasteiger partial charge in [-0.05, 0) is 64.9 Å². The molecule has 0 amide bonds. The highest BCUT2D eigenvalue weighted by Crippen LogP contribution is 2.17. The van der Waals surface area contributed by atoms with Crippen LogP contribution in [0.1, 0.15) is 17.3 Å². The van der Waals surface area contributed by atoms with Crippen molar-refractivity contribution in [3.63, 3.8) is 0 Å². The third-order valence-corrected chi connectivity index (χ3v) is 4.10. The monoisotopic (exact) mass is 389 g/mol. The molecule has 1 heterocycles. The number of hydrogen-bond acceptors (Lipinski definition) is 2. The van der Waals surface area contributed by atoms with Crippen LogP contribution in [0.3, 0.4) is 0 Å². The van der Waals surface area contributed by atoms with Crippen molar-refractivity contribution in [2.45, 2.75) is 12.5 Å². The van der Waals surface area contributed by atoms with Crippen molar-refractivity contribution in [1.82, 2.24) is 9.78 Å². The molecule has 0 spiro atoms. The molecule has 4 heteroatoms. The Labute approximate surface area is 137 Å². The van der Waals surface area contributed by atoms with E-state index in [9.17, 15) is 0 Å². The highest BCUT2D eigenvalue weighted by Gasteiger charge is 2.11. The predicted octanol–water partition coefficient (Wildman–Crippen LogP) is 3.72. The van der Waals surface area contributed by atoms with E-state index in [1.54, 1.807) is 0 Å². The van der Waals surface area contributed by atoms with E-state index in [2.05, 4.69) is 52.0 Å². The van der Waals surface area contributed by atoms with Crippen LogP contribution in [0.2, 0.25) is 0 Å². The van der Waals surface area contributed by atoms with Crippen molar-refractivity contribution >= 4 is 22.6 Å². The lowest BCUT2D eigenvalue weighted by molar-refractivity contribution is 0.678. The lowest BCUT2D eigenvalue weighted by atomic mass is 10.0. The van der Waals surface area contributed by atoms with Crippen LogP contribution in [0.5, 0.6) is 0 Å². The number of aromatic nitrogens is 2. The average Bonchev–Trinajstić information content (AvgIpc) is 3.00. The molecule has 0 aliphatic carbocycles. The summed E-state index contributed by atoms with van der Waals surface area (Å²) in [6.45, 7) is 0. The molecule has 0 fully saturated rings. The average molecular weight is 389 g/mol. The molecule has 21 heavy (non-hydrogen) atoms. The third kappa shape index (κ3) is 3.51. The zero-order valence-corrected chi connectivity index (χ0v) is 13.6. The van der Waals surface area contributed by atoms with Crippen LogP contribution in [0.25, 0.3) is 5.69 Å². The van der Waals surface area contributed by atoms with Crippen molar-refractivity contribution in [1.29, 1.82) is 0 Å². The van der Waals surface area contributed by atoms with Gasteiger partial charge in [0.25, 0.3) is 0 Å². The summed E-state index contributed by atoms with van der Waals surface area (Å²) in [5.74, 6) is 0. The number of hydrogen-bond donors (Lipinski definition) is 1. The smallest absolute Gasteiger partial charge is 0.0799 e. The Bertz CT molecular complexity index is 704. The van der Waals surface area contributed by atoms with Crippen molar-refractivity contribution in [3.8, 4) is 5.69 Å². The van der Waals surface area contributed by atoms with Crippen LogP contribution >= 0.6 is 22.6 Å². The Balaban J connectivity index is 1.75. The SMILES string of the molecule is NC(Cc1ccc(I)cc1)c1ccn(-c2ccccc2)n1. The summed E-state index contributed by atoms with van der Waals surface area (Å²) < 4.78 is 3.10. The van der Waals surface area contributed by atoms with Crippen LogP contribution in [0, 0.1) is 3.57 Å². The Hall–Kier alpha value is -1.66. The molecular formula is C17H16IN3. The number of nitrogens with zero attached hydrogens (tertiary/aromatic N) is 2.